The Hall–Kier alpha value is -2.96. The van der Waals surface area contributed by atoms with E-state index < -0.39 is 11.1 Å². The Bertz CT molecular complexity index is 1020. The number of benzene rings is 2. The van der Waals surface area contributed by atoms with E-state index in [1.165, 1.54) is 11.3 Å². The first-order chi connectivity index (χ1) is 13.8. The molecule has 152 valence electrons. The number of hydrogen-bond acceptors (Lipinski definition) is 10. The number of anilines is 1. The summed E-state index contributed by atoms with van der Waals surface area (Å²) in [6, 6.07) is 13.6. The van der Waals surface area contributed by atoms with E-state index in [1.54, 1.807) is 48.5 Å². The van der Waals surface area contributed by atoms with Gasteiger partial charge in [-0.3, -0.25) is 5.10 Å². The van der Waals surface area contributed by atoms with Gasteiger partial charge in [-0.2, -0.15) is 0 Å². The molecule has 0 unspecified atom stereocenters. The van der Waals surface area contributed by atoms with Gasteiger partial charge in [-0.1, -0.05) is 41.7 Å². The van der Waals surface area contributed by atoms with Crippen LogP contribution < -0.4 is 5.73 Å². The third-order valence-corrected chi connectivity index (χ3v) is 4.46. The molecule has 9 nitrogen and oxygen atoms in total. The zero-order valence-corrected chi connectivity index (χ0v) is 17.3. The number of H-pyrrole nitrogens is 1. The van der Waals surface area contributed by atoms with Gasteiger partial charge in [0.25, 0.3) is 5.09 Å². The van der Waals surface area contributed by atoms with Crippen LogP contribution in [0.25, 0.3) is 0 Å². The fourth-order valence-electron chi connectivity index (χ4n) is 1.97. The molecule has 1 aromatic heterocycles. The lowest BCUT2D eigenvalue weighted by atomic mass is 10.1. The quantitative estimate of drug-likeness (QED) is 0.169. The molecular formula is C17H16N4O5S3. The molecule has 3 rings (SSSR count). The molecule has 0 fully saturated rings. The minimum atomic E-state index is -0.842. The highest BCUT2D eigenvalue weighted by Gasteiger charge is 2.07. The molecule has 0 saturated heterocycles. The fraction of sp³-hybridized carbons (Fsp3) is 0.118. The van der Waals surface area contributed by atoms with Gasteiger partial charge in [-0.15, -0.1) is 27.8 Å². The van der Waals surface area contributed by atoms with Gasteiger partial charge in [0.05, 0.1) is 5.56 Å². The van der Waals surface area contributed by atoms with E-state index >= 15 is 0 Å². The van der Waals surface area contributed by atoms with Crippen LogP contribution in [0.4, 0.5) is 5.13 Å². The van der Waals surface area contributed by atoms with Gasteiger partial charge in [-0.25, -0.2) is 4.79 Å². The molecule has 12 heteroatoms. The highest BCUT2D eigenvalue weighted by Crippen LogP contribution is 2.12. The number of aromatic amines is 1. The van der Waals surface area contributed by atoms with Crippen LogP contribution in [0.3, 0.4) is 0 Å². The van der Waals surface area contributed by atoms with E-state index in [-0.39, 0.29) is 13.2 Å². The van der Waals surface area contributed by atoms with E-state index in [2.05, 4.69) is 39.9 Å². The summed E-state index contributed by atoms with van der Waals surface area (Å²) in [5, 5.41) is 15.9. The second-order valence-electron chi connectivity index (χ2n) is 5.39. The Morgan fingerprint density at radius 2 is 1.90 bits per heavy atom. The molecule has 0 atom stereocenters. The molecule has 0 aliphatic heterocycles. The molecule has 0 spiro atoms. The lowest BCUT2D eigenvalue weighted by Crippen LogP contribution is -2.05. The summed E-state index contributed by atoms with van der Waals surface area (Å²) in [5.41, 5.74) is 7.06. The molecule has 0 aliphatic carbocycles. The summed E-state index contributed by atoms with van der Waals surface area (Å²) in [5.74, 6) is -0.434. The number of rotatable bonds is 6. The number of thiol groups is 1. The average Bonchev–Trinajstić information content (AvgIpc) is 3.08. The third kappa shape index (κ3) is 8.29. The first-order valence-corrected chi connectivity index (χ1v) is 9.63. The van der Waals surface area contributed by atoms with Crippen LogP contribution >= 0.6 is 36.2 Å². The van der Waals surface area contributed by atoms with Gasteiger partial charge in [0.2, 0.25) is 5.13 Å². The van der Waals surface area contributed by atoms with E-state index in [9.17, 15) is 14.9 Å². The number of nitrogens with one attached hydrogen (secondary N) is 1. The number of carbonyl (C=O) groups excluding carboxylic acids is 1. The normalized spacial score (nSPS) is 9.83. The van der Waals surface area contributed by atoms with E-state index in [4.69, 9.17) is 10.5 Å². The lowest BCUT2D eigenvalue weighted by Gasteiger charge is -2.06. The van der Waals surface area contributed by atoms with Crippen LogP contribution in [0.5, 0.6) is 0 Å². The van der Waals surface area contributed by atoms with Crippen molar-refractivity contribution in [2.75, 3.05) is 5.73 Å². The zero-order chi connectivity index (χ0) is 21.2. The number of hydrogen-bond donors (Lipinski definition) is 3. The highest BCUT2D eigenvalue weighted by molar-refractivity contribution is 7.80. The van der Waals surface area contributed by atoms with Gasteiger partial charge >= 0.3 is 5.97 Å². The summed E-state index contributed by atoms with van der Waals surface area (Å²) in [7, 11) is 0. The molecule has 0 aliphatic rings. The van der Waals surface area contributed by atoms with Crippen molar-refractivity contribution in [3.8, 4) is 0 Å². The smallest absolute Gasteiger partial charge is 0.338 e. The Kier molecular flexibility index (Phi) is 8.58. The van der Waals surface area contributed by atoms with Crippen molar-refractivity contribution in [1.29, 1.82) is 0 Å². The zero-order valence-electron chi connectivity index (χ0n) is 14.8. The number of ether oxygens (including phenoxy) is 1. The van der Waals surface area contributed by atoms with Crippen LogP contribution in [-0.2, 0) is 22.8 Å². The number of carbonyl (C=O) groups is 1. The molecular weight excluding hydrogens is 436 g/mol. The standard InChI is InChI=1S/C15H13NO5S.C2H3N3S2/c17-15(13-2-1-3-14(22)8-13)20-9-11-4-6-12(7-5-11)10-21-16(18)19;3-1-4-5-2(6)7-1/h1-8,22H,9-10H2;(H2,3,4)(H,5,6). The molecule has 29 heavy (non-hydrogen) atoms. The van der Waals surface area contributed by atoms with Crippen molar-refractivity contribution >= 4 is 47.3 Å². The fourth-order valence-corrected chi connectivity index (χ4v) is 2.86. The molecule has 0 amide bonds. The second kappa shape index (κ2) is 11.1. The molecule has 0 radical (unpaired) electrons. The SMILES string of the molecule is Nc1n[nH]c(=S)s1.O=C(OCc1ccc(CO[N+](=O)[O-])cc1)c1cccc(S)c1. The van der Waals surface area contributed by atoms with Crippen LogP contribution in [-0.4, -0.2) is 21.3 Å². The lowest BCUT2D eigenvalue weighted by molar-refractivity contribution is -0.763. The monoisotopic (exact) mass is 452 g/mol. The van der Waals surface area contributed by atoms with Gasteiger partial charge in [0.15, 0.2) is 3.95 Å². The number of nitrogens with two attached hydrogens (primary N) is 1. The Morgan fingerprint density at radius 1 is 1.24 bits per heavy atom. The number of esters is 1. The Labute approximate surface area is 180 Å². The van der Waals surface area contributed by atoms with Crippen molar-refractivity contribution in [3.05, 3.63) is 79.3 Å². The maximum absolute atomic E-state index is 11.9. The molecule has 1 heterocycles. The predicted octanol–water partition coefficient (Wildman–Crippen LogP) is 3.82. The maximum Gasteiger partial charge on any atom is 0.338 e. The molecule has 3 N–H and O–H groups in total. The molecule has 0 bridgehead atoms. The Balaban J connectivity index is 0.000000360. The van der Waals surface area contributed by atoms with Crippen molar-refractivity contribution in [2.45, 2.75) is 18.1 Å². The second-order valence-corrected chi connectivity index (χ2v) is 7.61. The van der Waals surface area contributed by atoms with Gasteiger partial charge in [-0.05, 0) is 41.5 Å². The first-order valence-electron chi connectivity index (χ1n) is 7.96. The number of nitrogens with zero attached hydrogens (tertiary/aromatic N) is 2. The van der Waals surface area contributed by atoms with Gasteiger partial charge in [0, 0.05) is 4.90 Å². The van der Waals surface area contributed by atoms with E-state index in [0.717, 1.165) is 5.56 Å². The van der Waals surface area contributed by atoms with Gasteiger partial charge in [0.1, 0.15) is 13.2 Å². The third-order valence-electron chi connectivity index (χ3n) is 3.27. The van der Waals surface area contributed by atoms with E-state index in [1.807, 2.05) is 0 Å². The van der Waals surface area contributed by atoms with E-state index in [0.29, 0.717) is 25.1 Å². The Morgan fingerprint density at radius 3 is 2.38 bits per heavy atom. The topological polar surface area (TPSA) is 133 Å². The number of nitrogen functional groups attached to an aromatic ring is 1. The maximum atomic E-state index is 11.9. The minimum absolute atomic E-state index is 0.109. The van der Waals surface area contributed by atoms with Crippen LogP contribution in [0.2, 0.25) is 0 Å². The average molecular weight is 453 g/mol. The first kappa shape index (κ1) is 22.3. The molecule has 3 aromatic rings. The largest absolute Gasteiger partial charge is 0.457 e. The van der Waals surface area contributed by atoms with Crippen molar-refractivity contribution in [3.63, 3.8) is 0 Å². The summed E-state index contributed by atoms with van der Waals surface area (Å²) < 4.78 is 5.82. The molecule has 2 aromatic carbocycles. The van der Waals surface area contributed by atoms with Crippen molar-refractivity contribution < 1.29 is 19.5 Å². The van der Waals surface area contributed by atoms with Gasteiger partial charge < -0.3 is 15.3 Å². The van der Waals surface area contributed by atoms with Crippen LogP contribution in [0.15, 0.2) is 53.4 Å². The summed E-state index contributed by atoms with van der Waals surface area (Å²) in [6.07, 6.45) is 0. The summed E-state index contributed by atoms with van der Waals surface area (Å²) in [6.45, 7) is 0.00775. The molecule has 0 saturated carbocycles. The summed E-state index contributed by atoms with van der Waals surface area (Å²) in [4.78, 5) is 26.9. The van der Waals surface area contributed by atoms with Crippen LogP contribution in [0.1, 0.15) is 21.5 Å². The van der Waals surface area contributed by atoms with Crippen molar-refractivity contribution in [1.82, 2.24) is 10.2 Å². The predicted molar refractivity (Wildman–Crippen MR) is 113 cm³/mol. The minimum Gasteiger partial charge on any atom is -0.457 e. The summed E-state index contributed by atoms with van der Waals surface area (Å²) >= 11 is 10.1. The number of aromatic nitrogens is 2. The highest BCUT2D eigenvalue weighted by atomic mass is 32.1. The van der Waals surface area contributed by atoms with Crippen LogP contribution in [0, 0.1) is 14.1 Å². The van der Waals surface area contributed by atoms with Crippen molar-refractivity contribution in [2.24, 2.45) is 0 Å².